The number of aryl methyl sites for hydroxylation is 1. The van der Waals surface area contributed by atoms with E-state index in [1.165, 1.54) is 11.1 Å². The van der Waals surface area contributed by atoms with E-state index in [1.54, 1.807) is 12.1 Å². The van der Waals surface area contributed by atoms with Crippen molar-refractivity contribution >= 4 is 17.2 Å². The number of nitrogens with zero attached hydrogens (tertiary/aromatic N) is 2. The van der Waals surface area contributed by atoms with Gasteiger partial charge in [0.25, 0.3) is 0 Å². The third-order valence-corrected chi connectivity index (χ3v) is 7.06. The summed E-state index contributed by atoms with van der Waals surface area (Å²) in [6, 6.07) is 12.2. The van der Waals surface area contributed by atoms with Gasteiger partial charge in [0.15, 0.2) is 5.78 Å². The van der Waals surface area contributed by atoms with Gasteiger partial charge in [-0.15, -0.1) is 0 Å². The lowest BCUT2D eigenvalue weighted by atomic mass is 9.80. The summed E-state index contributed by atoms with van der Waals surface area (Å²) in [7, 11) is 0. The van der Waals surface area contributed by atoms with Crippen molar-refractivity contribution < 1.29 is 9.53 Å². The van der Waals surface area contributed by atoms with Crippen molar-refractivity contribution in [3.8, 4) is 11.8 Å². The average Bonchev–Trinajstić information content (AvgIpc) is 2.75. The molecular formula is C24H26N4O2. The van der Waals surface area contributed by atoms with Crippen LogP contribution in [0.3, 0.4) is 0 Å². The lowest BCUT2D eigenvalue weighted by molar-refractivity contribution is -0.0200. The van der Waals surface area contributed by atoms with E-state index in [1.807, 2.05) is 12.1 Å². The molecule has 2 aromatic carbocycles. The Bertz CT molecular complexity index is 1060. The minimum absolute atomic E-state index is 0.0938. The smallest absolute Gasteiger partial charge is 0.170 e. The lowest BCUT2D eigenvalue weighted by Crippen LogP contribution is -2.54. The minimum atomic E-state index is -0.433. The number of hydrogen-bond donors (Lipinski definition) is 2. The second kappa shape index (κ2) is 7.03. The van der Waals surface area contributed by atoms with E-state index < -0.39 is 5.60 Å². The van der Waals surface area contributed by atoms with Crippen LogP contribution < -0.4 is 16.2 Å². The molecule has 0 bridgehead atoms. The van der Waals surface area contributed by atoms with Crippen molar-refractivity contribution in [2.75, 3.05) is 24.6 Å². The second-order valence-electron chi connectivity index (χ2n) is 8.89. The number of likely N-dealkylation sites (tertiary alicyclic amines) is 1. The monoisotopic (exact) mass is 402 g/mol. The number of anilines is 2. The zero-order valence-corrected chi connectivity index (χ0v) is 17.0. The van der Waals surface area contributed by atoms with Crippen LogP contribution >= 0.6 is 0 Å². The number of ketones is 1. The molecular weight excluding hydrogens is 376 g/mol. The van der Waals surface area contributed by atoms with Crippen molar-refractivity contribution in [3.05, 3.63) is 52.6 Å². The lowest BCUT2D eigenvalue weighted by Gasteiger charge is -2.46. The fourth-order valence-electron chi connectivity index (χ4n) is 5.26. The standard InChI is InChI=1S/C24H26N4O2/c25-14-15-1-2-17-10-18(4-3-16(17)9-15)28-7-5-24(6-8-28)13-22(29)19-11-20(26)21(27)12-23(19)30-24/h1-2,9,11-12,18H,3-8,10,13,26-27H2. The van der Waals surface area contributed by atoms with Gasteiger partial charge in [-0.3, -0.25) is 9.69 Å². The number of fused-ring (bicyclic) bond motifs is 2. The summed E-state index contributed by atoms with van der Waals surface area (Å²) in [5.41, 5.74) is 16.2. The highest BCUT2D eigenvalue weighted by molar-refractivity contribution is 6.02. The predicted molar refractivity (Wildman–Crippen MR) is 115 cm³/mol. The molecule has 1 fully saturated rings. The molecule has 6 heteroatoms. The van der Waals surface area contributed by atoms with Crippen molar-refractivity contribution in [1.29, 1.82) is 5.26 Å². The molecule has 0 aromatic heterocycles. The Hall–Kier alpha value is -3.04. The van der Waals surface area contributed by atoms with E-state index in [-0.39, 0.29) is 5.78 Å². The van der Waals surface area contributed by atoms with Gasteiger partial charge in [0.05, 0.1) is 35.0 Å². The predicted octanol–water partition coefficient (Wildman–Crippen LogP) is 3.08. The number of hydrogen-bond acceptors (Lipinski definition) is 6. The molecule has 0 amide bonds. The summed E-state index contributed by atoms with van der Waals surface area (Å²) in [5.74, 6) is 0.669. The van der Waals surface area contributed by atoms with Crippen molar-refractivity contribution in [2.45, 2.75) is 50.2 Å². The number of benzene rings is 2. The van der Waals surface area contributed by atoms with Gasteiger partial charge in [0, 0.05) is 38.0 Å². The summed E-state index contributed by atoms with van der Waals surface area (Å²) in [6.07, 6.45) is 5.21. The number of Topliss-reactive ketones (excluding diaryl/α,β-unsaturated/α-hetero) is 1. The summed E-state index contributed by atoms with van der Waals surface area (Å²) >= 11 is 0. The molecule has 0 radical (unpaired) electrons. The molecule has 4 N–H and O–H groups in total. The zero-order chi connectivity index (χ0) is 20.9. The number of carbonyl (C=O) groups excluding carboxylic acids is 1. The van der Waals surface area contributed by atoms with Gasteiger partial charge in [-0.2, -0.15) is 5.26 Å². The quantitative estimate of drug-likeness (QED) is 0.710. The second-order valence-corrected chi connectivity index (χ2v) is 8.89. The molecule has 0 saturated carbocycles. The van der Waals surface area contributed by atoms with Gasteiger partial charge >= 0.3 is 0 Å². The van der Waals surface area contributed by atoms with Crippen molar-refractivity contribution in [3.63, 3.8) is 0 Å². The molecule has 2 aliphatic heterocycles. The first-order valence-corrected chi connectivity index (χ1v) is 10.6. The molecule has 1 spiro atoms. The Labute approximate surface area is 176 Å². The van der Waals surface area contributed by atoms with E-state index in [0.29, 0.717) is 35.2 Å². The minimum Gasteiger partial charge on any atom is -0.486 e. The van der Waals surface area contributed by atoms with Crippen LogP contribution in [0.1, 0.15) is 52.7 Å². The van der Waals surface area contributed by atoms with Crippen LogP contribution in [0.4, 0.5) is 11.4 Å². The molecule has 1 unspecified atom stereocenters. The third-order valence-electron chi connectivity index (χ3n) is 7.06. The van der Waals surface area contributed by atoms with Gasteiger partial charge < -0.3 is 16.2 Å². The van der Waals surface area contributed by atoms with E-state index in [0.717, 1.165) is 50.8 Å². The molecule has 5 rings (SSSR count). The maximum Gasteiger partial charge on any atom is 0.170 e. The Morgan fingerprint density at radius 3 is 2.63 bits per heavy atom. The SMILES string of the molecule is N#Cc1ccc2c(c1)CCC(N1CCC3(CC1)CC(=O)c1cc(N)c(N)cc1O3)C2. The van der Waals surface area contributed by atoms with Crippen LogP contribution in [0.2, 0.25) is 0 Å². The average molecular weight is 402 g/mol. The Morgan fingerprint density at radius 1 is 1.10 bits per heavy atom. The molecule has 30 heavy (non-hydrogen) atoms. The fourth-order valence-corrected chi connectivity index (χ4v) is 5.26. The topological polar surface area (TPSA) is 105 Å². The normalized spacial score (nSPS) is 22.6. The van der Waals surface area contributed by atoms with Crippen molar-refractivity contribution in [2.24, 2.45) is 0 Å². The Balaban J connectivity index is 1.28. The van der Waals surface area contributed by atoms with Gasteiger partial charge in [0.1, 0.15) is 11.4 Å². The zero-order valence-electron chi connectivity index (χ0n) is 17.0. The van der Waals surface area contributed by atoms with E-state index in [4.69, 9.17) is 21.5 Å². The van der Waals surface area contributed by atoms with E-state index >= 15 is 0 Å². The van der Waals surface area contributed by atoms with Crippen LogP contribution in [0.15, 0.2) is 30.3 Å². The third kappa shape index (κ3) is 3.20. The summed E-state index contributed by atoms with van der Waals surface area (Å²) < 4.78 is 6.37. The largest absolute Gasteiger partial charge is 0.486 e. The fraction of sp³-hybridized carbons (Fsp3) is 0.417. The summed E-state index contributed by atoms with van der Waals surface area (Å²) in [5, 5.41) is 9.12. The summed E-state index contributed by atoms with van der Waals surface area (Å²) in [6.45, 7) is 1.84. The van der Waals surface area contributed by atoms with Crippen LogP contribution in [-0.2, 0) is 12.8 Å². The molecule has 154 valence electrons. The highest BCUT2D eigenvalue weighted by Crippen LogP contribution is 2.42. The first-order valence-electron chi connectivity index (χ1n) is 10.6. The van der Waals surface area contributed by atoms with Gasteiger partial charge in [-0.1, -0.05) is 6.07 Å². The number of nitrogens with two attached hydrogens (primary N) is 2. The molecule has 3 aliphatic rings. The number of nitriles is 1. The van der Waals surface area contributed by atoms with Gasteiger partial charge in [-0.25, -0.2) is 0 Å². The number of piperidine rings is 1. The maximum atomic E-state index is 12.8. The van der Waals surface area contributed by atoms with Crippen LogP contribution in [0.25, 0.3) is 0 Å². The maximum absolute atomic E-state index is 12.8. The highest BCUT2D eigenvalue weighted by atomic mass is 16.5. The van der Waals surface area contributed by atoms with Crippen LogP contribution in [-0.4, -0.2) is 35.4 Å². The molecule has 2 heterocycles. The summed E-state index contributed by atoms with van der Waals surface area (Å²) in [4.78, 5) is 15.3. The molecule has 1 saturated heterocycles. The first-order chi connectivity index (χ1) is 14.5. The molecule has 1 aliphatic carbocycles. The van der Waals surface area contributed by atoms with Crippen LogP contribution in [0.5, 0.6) is 5.75 Å². The van der Waals surface area contributed by atoms with E-state index in [9.17, 15) is 4.79 Å². The first kappa shape index (κ1) is 19.0. The molecule has 2 aromatic rings. The van der Waals surface area contributed by atoms with E-state index in [2.05, 4.69) is 17.0 Å². The molecule has 1 atom stereocenters. The number of ether oxygens (including phenoxy) is 1. The number of carbonyl (C=O) groups is 1. The molecule has 6 nitrogen and oxygen atoms in total. The Kier molecular flexibility index (Phi) is 4.44. The highest BCUT2D eigenvalue weighted by Gasteiger charge is 2.44. The number of rotatable bonds is 1. The van der Waals surface area contributed by atoms with Crippen LogP contribution in [0, 0.1) is 11.3 Å². The Morgan fingerprint density at radius 2 is 1.87 bits per heavy atom. The van der Waals surface area contributed by atoms with Gasteiger partial charge in [-0.05, 0) is 48.6 Å². The number of nitrogen functional groups attached to an aromatic ring is 2. The van der Waals surface area contributed by atoms with Crippen molar-refractivity contribution in [1.82, 2.24) is 4.90 Å². The van der Waals surface area contributed by atoms with Gasteiger partial charge in [0.2, 0.25) is 0 Å².